The maximum Gasteiger partial charge on any atom is 0.338 e. The average Bonchev–Trinajstić information content (AvgIpc) is 3.12. The minimum Gasteiger partial charge on any atom is -0.497 e. The number of esters is 1. The number of aromatic nitrogens is 3. The third-order valence-electron chi connectivity index (χ3n) is 4.69. The lowest BCUT2D eigenvalue weighted by atomic mass is 10.1. The molecule has 0 bridgehead atoms. The monoisotopic (exact) mass is 465 g/mol. The van der Waals surface area contributed by atoms with Crippen LogP contribution in [0.5, 0.6) is 5.75 Å². The molecule has 0 aliphatic carbocycles. The molecular weight excluding hydrogens is 446 g/mol. The lowest BCUT2D eigenvalue weighted by molar-refractivity contribution is 0.0526. The standard InChI is InChI=1S/C23H20BrN3O3/c1-3-30-23(28)17-6-4-5-16(11-17)21-20-12-18(24)13-25-22(20)27(26-21)14-15-7-9-19(29-2)10-8-15/h4-13H,3,14H2,1-2H3. The van der Waals surface area contributed by atoms with Crippen molar-refractivity contribution in [1.82, 2.24) is 14.8 Å². The van der Waals surface area contributed by atoms with Gasteiger partial charge in [-0.25, -0.2) is 14.5 Å². The van der Waals surface area contributed by atoms with Gasteiger partial charge in [0.05, 0.1) is 25.8 Å². The Hall–Kier alpha value is -3.19. The number of carbonyl (C=O) groups excluding carboxylic acids is 1. The lowest BCUT2D eigenvalue weighted by Gasteiger charge is -2.05. The van der Waals surface area contributed by atoms with Gasteiger partial charge in [-0.05, 0) is 58.7 Å². The summed E-state index contributed by atoms with van der Waals surface area (Å²) in [5.41, 5.74) is 3.94. The van der Waals surface area contributed by atoms with Crippen molar-refractivity contribution in [3.05, 3.63) is 76.4 Å². The number of carbonyl (C=O) groups is 1. The van der Waals surface area contributed by atoms with E-state index in [0.717, 1.165) is 38.1 Å². The summed E-state index contributed by atoms with van der Waals surface area (Å²) in [4.78, 5) is 16.7. The predicted molar refractivity (Wildman–Crippen MR) is 119 cm³/mol. The molecule has 0 saturated heterocycles. The Balaban J connectivity index is 1.78. The third kappa shape index (κ3) is 4.07. The van der Waals surface area contributed by atoms with E-state index in [1.807, 2.05) is 47.1 Å². The average molecular weight is 466 g/mol. The van der Waals surface area contributed by atoms with Crippen LogP contribution in [0.1, 0.15) is 22.8 Å². The Morgan fingerprint density at radius 2 is 1.93 bits per heavy atom. The molecule has 0 amide bonds. The minimum absolute atomic E-state index is 0.333. The second-order valence-electron chi connectivity index (χ2n) is 6.68. The van der Waals surface area contributed by atoms with Crippen molar-refractivity contribution in [2.24, 2.45) is 0 Å². The molecule has 0 N–H and O–H groups in total. The first-order valence-electron chi connectivity index (χ1n) is 9.51. The minimum atomic E-state index is -0.347. The molecule has 30 heavy (non-hydrogen) atoms. The highest BCUT2D eigenvalue weighted by molar-refractivity contribution is 9.10. The highest BCUT2D eigenvalue weighted by Gasteiger charge is 2.16. The van der Waals surface area contributed by atoms with Gasteiger partial charge in [0.25, 0.3) is 0 Å². The maximum atomic E-state index is 12.2. The third-order valence-corrected chi connectivity index (χ3v) is 5.13. The van der Waals surface area contributed by atoms with E-state index >= 15 is 0 Å². The summed E-state index contributed by atoms with van der Waals surface area (Å²) in [6.45, 7) is 2.69. The van der Waals surface area contributed by atoms with Gasteiger partial charge in [-0.1, -0.05) is 24.3 Å². The Labute approximate surface area is 182 Å². The zero-order valence-electron chi connectivity index (χ0n) is 16.6. The van der Waals surface area contributed by atoms with Crippen LogP contribution in [0.2, 0.25) is 0 Å². The summed E-state index contributed by atoms with van der Waals surface area (Å²) < 4.78 is 13.1. The second-order valence-corrected chi connectivity index (χ2v) is 7.60. The number of benzene rings is 2. The van der Waals surface area contributed by atoms with E-state index in [1.165, 1.54) is 0 Å². The highest BCUT2D eigenvalue weighted by Crippen LogP contribution is 2.30. The van der Waals surface area contributed by atoms with Gasteiger partial charge < -0.3 is 9.47 Å². The largest absolute Gasteiger partial charge is 0.497 e. The van der Waals surface area contributed by atoms with Gasteiger partial charge in [0.15, 0.2) is 5.65 Å². The molecule has 0 saturated carbocycles. The van der Waals surface area contributed by atoms with Crippen molar-refractivity contribution < 1.29 is 14.3 Å². The summed E-state index contributed by atoms with van der Waals surface area (Å²) in [5, 5.41) is 5.74. The molecule has 0 fully saturated rings. The Morgan fingerprint density at radius 1 is 1.13 bits per heavy atom. The molecule has 0 aliphatic heterocycles. The normalized spacial score (nSPS) is 10.9. The van der Waals surface area contributed by atoms with Crippen LogP contribution in [-0.4, -0.2) is 34.5 Å². The van der Waals surface area contributed by atoms with Crippen LogP contribution in [0, 0.1) is 0 Å². The van der Waals surface area contributed by atoms with Crippen molar-refractivity contribution in [3.63, 3.8) is 0 Å². The Kier molecular flexibility index (Phi) is 5.81. The predicted octanol–water partition coefficient (Wildman–Crippen LogP) is 5.09. The summed E-state index contributed by atoms with van der Waals surface area (Å²) >= 11 is 3.50. The highest BCUT2D eigenvalue weighted by atomic mass is 79.9. The van der Waals surface area contributed by atoms with Crippen LogP contribution < -0.4 is 4.74 Å². The molecule has 0 unspecified atom stereocenters. The van der Waals surface area contributed by atoms with Gasteiger partial charge in [-0.3, -0.25) is 0 Å². The Morgan fingerprint density at radius 3 is 2.67 bits per heavy atom. The fourth-order valence-corrected chi connectivity index (χ4v) is 3.60. The van der Waals surface area contributed by atoms with Crippen LogP contribution in [0.25, 0.3) is 22.3 Å². The zero-order valence-corrected chi connectivity index (χ0v) is 18.2. The van der Waals surface area contributed by atoms with Crippen LogP contribution >= 0.6 is 15.9 Å². The first-order chi connectivity index (χ1) is 14.6. The fourth-order valence-electron chi connectivity index (χ4n) is 3.27. The molecule has 0 atom stereocenters. The van der Waals surface area contributed by atoms with Crippen molar-refractivity contribution >= 4 is 32.9 Å². The van der Waals surface area contributed by atoms with E-state index in [1.54, 1.807) is 32.4 Å². The van der Waals surface area contributed by atoms with Crippen LogP contribution in [-0.2, 0) is 11.3 Å². The van der Waals surface area contributed by atoms with Gasteiger partial charge in [-0.2, -0.15) is 5.10 Å². The first kappa shape index (κ1) is 20.1. The fraction of sp³-hybridized carbons (Fsp3) is 0.174. The molecule has 4 aromatic rings. The number of hydrogen-bond donors (Lipinski definition) is 0. The van der Waals surface area contributed by atoms with Gasteiger partial charge >= 0.3 is 5.97 Å². The van der Waals surface area contributed by atoms with Crippen LogP contribution in [0.3, 0.4) is 0 Å². The molecule has 2 aromatic heterocycles. The smallest absolute Gasteiger partial charge is 0.338 e. The van der Waals surface area contributed by atoms with Gasteiger partial charge in [0, 0.05) is 21.6 Å². The van der Waals surface area contributed by atoms with E-state index in [-0.39, 0.29) is 5.97 Å². The van der Waals surface area contributed by atoms with Gasteiger partial charge in [0.1, 0.15) is 11.4 Å². The van der Waals surface area contributed by atoms with Crippen molar-refractivity contribution in [1.29, 1.82) is 0 Å². The first-order valence-corrected chi connectivity index (χ1v) is 10.3. The number of hydrogen-bond acceptors (Lipinski definition) is 5. The number of rotatable bonds is 6. The lowest BCUT2D eigenvalue weighted by Crippen LogP contribution is -2.04. The number of fused-ring (bicyclic) bond motifs is 1. The molecule has 152 valence electrons. The number of ether oxygens (including phenoxy) is 2. The molecule has 2 heterocycles. The molecule has 6 nitrogen and oxygen atoms in total. The maximum absolute atomic E-state index is 12.2. The van der Waals surface area contributed by atoms with Crippen LogP contribution in [0.15, 0.2) is 65.3 Å². The topological polar surface area (TPSA) is 66.2 Å². The van der Waals surface area contributed by atoms with Crippen molar-refractivity contribution in [3.8, 4) is 17.0 Å². The molecule has 2 aromatic carbocycles. The quantitative estimate of drug-likeness (QED) is 0.370. The van der Waals surface area contributed by atoms with E-state index in [4.69, 9.17) is 14.6 Å². The molecule has 0 aliphatic rings. The summed E-state index contributed by atoms with van der Waals surface area (Å²) in [6.07, 6.45) is 1.76. The molecule has 0 radical (unpaired) electrons. The summed E-state index contributed by atoms with van der Waals surface area (Å²) in [5.74, 6) is 0.461. The number of nitrogens with zero attached hydrogens (tertiary/aromatic N) is 3. The molecule has 0 spiro atoms. The second kappa shape index (κ2) is 8.67. The number of methoxy groups -OCH3 is 1. The zero-order chi connectivity index (χ0) is 21.1. The van der Waals surface area contributed by atoms with Crippen molar-refractivity contribution in [2.75, 3.05) is 13.7 Å². The molecule has 7 heteroatoms. The van der Waals surface area contributed by atoms with Gasteiger partial charge in [-0.15, -0.1) is 0 Å². The number of halogens is 1. The molecule has 4 rings (SSSR count). The van der Waals surface area contributed by atoms with E-state index in [9.17, 15) is 4.79 Å². The van der Waals surface area contributed by atoms with Gasteiger partial charge in [0.2, 0.25) is 0 Å². The molecular formula is C23H20BrN3O3. The van der Waals surface area contributed by atoms with E-state index in [2.05, 4.69) is 20.9 Å². The number of pyridine rings is 1. The van der Waals surface area contributed by atoms with E-state index < -0.39 is 0 Å². The summed E-state index contributed by atoms with van der Waals surface area (Å²) in [7, 11) is 1.65. The summed E-state index contributed by atoms with van der Waals surface area (Å²) in [6, 6.07) is 17.2. The SMILES string of the molecule is CCOC(=O)c1cccc(-c2nn(Cc3ccc(OC)cc3)c3ncc(Br)cc23)c1. The Bertz CT molecular complexity index is 1200. The van der Waals surface area contributed by atoms with E-state index in [0.29, 0.717) is 18.7 Å². The van der Waals surface area contributed by atoms with Crippen molar-refractivity contribution in [2.45, 2.75) is 13.5 Å². The van der Waals surface area contributed by atoms with Crippen LogP contribution in [0.4, 0.5) is 0 Å².